The average Bonchev–Trinajstić information content (AvgIpc) is 2.91. The average molecular weight is 507 g/mol. The van der Waals surface area contributed by atoms with E-state index in [-0.39, 0.29) is 40.3 Å². The number of rotatable bonds is 6. The first-order chi connectivity index (χ1) is 17.9. The van der Waals surface area contributed by atoms with E-state index < -0.39 is 0 Å². The maximum Gasteiger partial charge on any atom is 0.255 e. The van der Waals surface area contributed by atoms with Gasteiger partial charge in [-0.15, -0.1) is 11.8 Å². The molecule has 7 heteroatoms. The Bertz CT molecular complexity index is 1560. The SMILES string of the molecule is Cc1cccc(C(=O)Nc2ccc(SCC(=O)Nc3cccc4c3C(=O)c3ccccc3C4=O)cc2)c1. The van der Waals surface area contributed by atoms with Crippen molar-refractivity contribution in [3.05, 3.63) is 124 Å². The van der Waals surface area contributed by atoms with Crippen LogP contribution in [0.5, 0.6) is 0 Å². The van der Waals surface area contributed by atoms with Gasteiger partial charge in [-0.05, 0) is 49.4 Å². The Morgan fingerprint density at radius 2 is 1.41 bits per heavy atom. The number of amides is 2. The zero-order chi connectivity index (χ0) is 25.9. The van der Waals surface area contributed by atoms with Crippen molar-refractivity contribution in [1.29, 1.82) is 0 Å². The Morgan fingerprint density at radius 1 is 0.730 bits per heavy atom. The lowest BCUT2D eigenvalue weighted by Gasteiger charge is -2.20. The number of carbonyl (C=O) groups excluding carboxylic acids is 4. The van der Waals surface area contributed by atoms with Gasteiger partial charge in [0.15, 0.2) is 11.6 Å². The normalized spacial score (nSPS) is 11.9. The molecule has 1 aliphatic carbocycles. The van der Waals surface area contributed by atoms with Crippen LogP contribution in [-0.2, 0) is 4.79 Å². The van der Waals surface area contributed by atoms with Crippen LogP contribution in [0, 0.1) is 6.92 Å². The molecule has 0 saturated carbocycles. The van der Waals surface area contributed by atoms with Gasteiger partial charge < -0.3 is 10.6 Å². The van der Waals surface area contributed by atoms with Gasteiger partial charge >= 0.3 is 0 Å². The van der Waals surface area contributed by atoms with E-state index in [2.05, 4.69) is 10.6 Å². The summed E-state index contributed by atoms with van der Waals surface area (Å²) in [4.78, 5) is 52.0. The minimum Gasteiger partial charge on any atom is -0.325 e. The van der Waals surface area contributed by atoms with E-state index in [0.717, 1.165) is 10.5 Å². The van der Waals surface area contributed by atoms with E-state index in [4.69, 9.17) is 0 Å². The number of aryl methyl sites for hydroxylation is 1. The van der Waals surface area contributed by atoms with Crippen molar-refractivity contribution in [2.75, 3.05) is 16.4 Å². The summed E-state index contributed by atoms with van der Waals surface area (Å²) in [6, 6.07) is 26.2. The number of thioether (sulfide) groups is 1. The van der Waals surface area contributed by atoms with Gasteiger partial charge in [-0.25, -0.2) is 0 Å². The fourth-order valence-corrected chi connectivity index (χ4v) is 4.91. The van der Waals surface area contributed by atoms with Gasteiger partial charge in [0.2, 0.25) is 5.91 Å². The second-order valence-electron chi connectivity index (χ2n) is 8.62. The van der Waals surface area contributed by atoms with Crippen LogP contribution in [0.25, 0.3) is 0 Å². The Kier molecular flexibility index (Phi) is 6.70. The van der Waals surface area contributed by atoms with Crippen LogP contribution >= 0.6 is 11.8 Å². The fourth-order valence-electron chi connectivity index (χ4n) is 4.21. The fraction of sp³-hybridized carbons (Fsp3) is 0.0667. The molecule has 5 rings (SSSR count). The second-order valence-corrected chi connectivity index (χ2v) is 9.67. The lowest BCUT2D eigenvalue weighted by molar-refractivity contribution is -0.113. The zero-order valence-electron chi connectivity index (χ0n) is 19.9. The molecule has 37 heavy (non-hydrogen) atoms. The molecule has 0 saturated heterocycles. The summed E-state index contributed by atoms with van der Waals surface area (Å²) in [5, 5.41) is 5.66. The van der Waals surface area contributed by atoms with E-state index in [0.29, 0.717) is 28.1 Å². The van der Waals surface area contributed by atoms with Crippen molar-refractivity contribution >= 4 is 46.5 Å². The van der Waals surface area contributed by atoms with Gasteiger partial charge in [0, 0.05) is 32.8 Å². The molecule has 4 aromatic carbocycles. The first-order valence-electron chi connectivity index (χ1n) is 11.6. The highest BCUT2D eigenvalue weighted by Crippen LogP contribution is 2.32. The van der Waals surface area contributed by atoms with E-state index in [9.17, 15) is 19.2 Å². The molecule has 0 atom stereocenters. The molecular weight excluding hydrogens is 484 g/mol. The lowest BCUT2D eigenvalue weighted by Crippen LogP contribution is -2.24. The Morgan fingerprint density at radius 3 is 2.14 bits per heavy atom. The number of anilines is 2. The van der Waals surface area contributed by atoms with Gasteiger partial charge in [0.25, 0.3) is 5.91 Å². The van der Waals surface area contributed by atoms with Crippen LogP contribution in [0.15, 0.2) is 95.9 Å². The van der Waals surface area contributed by atoms with Crippen LogP contribution in [0.3, 0.4) is 0 Å². The molecule has 0 aliphatic heterocycles. The largest absolute Gasteiger partial charge is 0.325 e. The molecule has 0 bridgehead atoms. The molecule has 2 amide bonds. The zero-order valence-corrected chi connectivity index (χ0v) is 20.7. The number of carbonyl (C=O) groups is 4. The molecule has 0 aromatic heterocycles. The number of fused-ring (bicyclic) bond motifs is 2. The summed E-state index contributed by atoms with van der Waals surface area (Å²) in [6.45, 7) is 1.93. The molecule has 182 valence electrons. The summed E-state index contributed by atoms with van der Waals surface area (Å²) in [7, 11) is 0. The summed E-state index contributed by atoms with van der Waals surface area (Å²) in [5.74, 6) is -0.890. The van der Waals surface area contributed by atoms with Crippen molar-refractivity contribution in [3.63, 3.8) is 0 Å². The topological polar surface area (TPSA) is 92.3 Å². The lowest BCUT2D eigenvalue weighted by atomic mass is 9.83. The van der Waals surface area contributed by atoms with E-state index in [1.807, 2.05) is 37.3 Å². The molecule has 1 aliphatic rings. The van der Waals surface area contributed by atoms with Crippen molar-refractivity contribution in [3.8, 4) is 0 Å². The van der Waals surface area contributed by atoms with Crippen LogP contribution < -0.4 is 10.6 Å². The minimum absolute atomic E-state index is 0.109. The quantitative estimate of drug-likeness (QED) is 0.286. The smallest absolute Gasteiger partial charge is 0.255 e. The van der Waals surface area contributed by atoms with Crippen LogP contribution in [-0.4, -0.2) is 29.1 Å². The molecule has 4 aromatic rings. The third-order valence-corrected chi connectivity index (χ3v) is 7.00. The molecule has 0 unspecified atom stereocenters. The molecule has 0 fully saturated rings. The number of ketones is 2. The van der Waals surface area contributed by atoms with Crippen molar-refractivity contribution < 1.29 is 19.2 Å². The number of benzene rings is 4. The van der Waals surface area contributed by atoms with E-state index >= 15 is 0 Å². The number of nitrogens with one attached hydrogen (secondary N) is 2. The predicted octanol–water partition coefficient (Wildman–Crippen LogP) is 5.75. The van der Waals surface area contributed by atoms with Crippen LogP contribution in [0.4, 0.5) is 11.4 Å². The minimum atomic E-state index is -0.297. The highest BCUT2D eigenvalue weighted by atomic mass is 32.2. The Labute approximate surface area is 218 Å². The Balaban J connectivity index is 1.22. The third-order valence-electron chi connectivity index (χ3n) is 5.99. The number of hydrogen-bond acceptors (Lipinski definition) is 5. The first-order valence-corrected chi connectivity index (χ1v) is 12.6. The van der Waals surface area contributed by atoms with Gasteiger partial charge in [-0.3, -0.25) is 19.2 Å². The predicted molar refractivity (Wildman–Crippen MR) is 145 cm³/mol. The van der Waals surface area contributed by atoms with E-state index in [1.54, 1.807) is 60.7 Å². The molecule has 6 nitrogen and oxygen atoms in total. The van der Waals surface area contributed by atoms with Crippen LogP contribution in [0.1, 0.15) is 47.8 Å². The van der Waals surface area contributed by atoms with Crippen molar-refractivity contribution in [1.82, 2.24) is 0 Å². The van der Waals surface area contributed by atoms with Crippen LogP contribution in [0.2, 0.25) is 0 Å². The summed E-state index contributed by atoms with van der Waals surface area (Å²) >= 11 is 1.32. The Hall–Kier alpha value is -4.49. The molecule has 0 heterocycles. The maximum absolute atomic E-state index is 13.1. The highest BCUT2D eigenvalue weighted by Gasteiger charge is 2.31. The molecular formula is C30H22N2O4S. The first kappa shape index (κ1) is 24.2. The standard InChI is InChI=1S/C30H22N2O4S/c1-18-6-4-7-19(16-18)30(36)31-20-12-14-21(15-13-20)37-17-26(33)32-25-11-5-10-24-27(25)29(35)23-9-3-2-8-22(23)28(24)34/h2-16H,17H2,1H3,(H,31,36)(H,32,33). The van der Waals surface area contributed by atoms with Gasteiger partial charge in [0.1, 0.15) is 0 Å². The second kappa shape index (κ2) is 10.2. The number of hydrogen-bond donors (Lipinski definition) is 2. The molecule has 0 spiro atoms. The van der Waals surface area contributed by atoms with Crippen molar-refractivity contribution in [2.45, 2.75) is 11.8 Å². The summed E-state index contributed by atoms with van der Waals surface area (Å²) in [5.41, 5.74) is 3.79. The van der Waals surface area contributed by atoms with Gasteiger partial charge in [0.05, 0.1) is 17.0 Å². The van der Waals surface area contributed by atoms with Gasteiger partial charge in [-0.1, -0.05) is 54.1 Å². The third kappa shape index (κ3) is 5.08. The maximum atomic E-state index is 13.1. The highest BCUT2D eigenvalue weighted by molar-refractivity contribution is 8.00. The summed E-state index contributed by atoms with van der Waals surface area (Å²) in [6.07, 6.45) is 0. The monoisotopic (exact) mass is 506 g/mol. The van der Waals surface area contributed by atoms with Gasteiger partial charge in [-0.2, -0.15) is 0 Å². The molecule has 0 radical (unpaired) electrons. The van der Waals surface area contributed by atoms with E-state index in [1.165, 1.54) is 11.8 Å². The molecule has 2 N–H and O–H groups in total. The summed E-state index contributed by atoms with van der Waals surface area (Å²) < 4.78 is 0. The van der Waals surface area contributed by atoms with Crippen molar-refractivity contribution in [2.24, 2.45) is 0 Å².